The predicted molar refractivity (Wildman–Crippen MR) is 104 cm³/mol. The summed E-state index contributed by atoms with van der Waals surface area (Å²) in [5, 5.41) is 15.6. The lowest BCUT2D eigenvalue weighted by atomic mass is 10.1. The molecule has 0 atom stereocenters. The molecule has 0 fully saturated rings. The molecule has 10 heteroatoms. The molecule has 2 rings (SSSR count). The molecule has 2 amide bonds. The van der Waals surface area contributed by atoms with Gasteiger partial charge in [-0.15, -0.1) is 0 Å². The molecule has 0 aliphatic rings. The van der Waals surface area contributed by atoms with Crippen LogP contribution in [0.25, 0.3) is 0 Å². The third kappa shape index (κ3) is 6.58. The molecule has 9 nitrogen and oxygen atoms in total. The van der Waals surface area contributed by atoms with E-state index >= 15 is 0 Å². The molecule has 0 aliphatic heterocycles. The van der Waals surface area contributed by atoms with Gasteiger partial charge in [-0.1, -0.05) is 35.9 Å². The fourth-order valence-corrected chi connectivity index (χ4v) is 2.49. The van der Waals surface area contributed by atoms with Crippen LogP contribution in [0, 0.1) is 17.0 Å². The van der Waals surface area contributed by atoms with Crippen molar-refractivity contribution in [3.8, 4) is 0 Å². The van der Waals surface area contributed by atoms with Gasteiger partial charge in [0.1, 0.15) is 11.6 Å². The number of nitro groups is 1. The van der Waals surface area contributed by atoms with Crippen LogP contribution in [0.3, 0.4) is 0 Å². The molecular weight excluding hydrogens is 402 g/mol. The minimum Gasteiger partial charge on any atom is -0.454 e. The lowest BCUT2D eigenvalue weighted by Crippen LogP contribution is -2.33. The lowest BCUT2D eigenvalue weighted by Gasteiger charge is -2.09. The standard InChI is InChI=1S/C19H18ClN3O6/c1-12-4-2-3-5-14(12)9-21-17(24)11-29-18(25)10-22-19(26)13-6-7-15(20)16(8-13)23(27)28/h2-8H,9-11H2,1H3,(H,21,24)(H,22,26). The van der Waals surface area contributed by atoms with E-state index in [9.17, 15) is 24.5 Å². The van der Waals surface area contributed by atoms with E-state index < -0.39 is 41.5 Å². The number of nitrogens with one attached hydrogen (secondary N) is 2. The molecule has 29 heavy (non-hydrogen) atoms. The summed E-state index contributed by atoms with van der Waals surface area (Å²) in [6.45, 7) is 1.22. The van der Waals surface area contributed by atoms with Gasteiger partial charge in [-0.05, 0) is 30.2 Å². The molecule has 0 unspecified atom stereocenters. The highest BCUT2D eigenvalue weighted by Crippen LogP contribution is 2.24. The van der Waals surface area contributed by atoms with E-state index in [4.69, 9.17) is 16.3 Å². The smallest absolute Gasteiger partial charge is 0.325 e. The van der Waals surface area contributed by atoms with Gasteiger partial charge < -0.3 is 15.4 Å². The zero-order valence-electron chi connectivity index (χ0n) is 15.4. The normalized spacial score (nSPS) is 10.1. The van der Waals surface area contributed by atoms with Crippen molar-refractivity contribution in [1.82, 2.24) is 10.6 Å². The van der Waals surface area contributed by atoms with Gasteiger partial charge in [0.25, 0.3) is 17.5 Å². The minimum absolute atomic E-state index is 0.0372. The summed E-state index contributed by atoms with van der Waals surface area (Å²) in [5.41, 5.74) is 1.50. The number of esters is 1. The third-order valence-electron chi connectivity index (χ3n) is 3.90. The van der Waals surface area contributed by atoms with E-state index in [2.05, 4.69) is 10.6 Å². The second-order valence-corrected chi connectivity index (χ2v) is 6.38. The number of nitro benzene ring substituents is 1. The Morgan fingerprint density at radius 1 is 1.14 bits per heavy atom. The van der Waals surface area contributed by atoms with E-state index in [0.29, 0.717) is 6.54 Å². The number of hydrogen-bond acceptors (Lipinski definition) is 6. The van der Waals surface area contributed by atoms with Crippen molar-refractivity contribution in [2.24, 2.45) is 0 Å². The Balaban J connectivity index is 1.76. The largest absolute Gasteiger partial charge is 0.454 e. The maximum absolute atomic E-state index is 12.0. The first-order valence-corrected chi connectivity index (χ1v) is 8.84. The molecule has 2 aromatic carbocycles. The van der Waals surface area contributed by atoms with E-state index in [0.717, 1.165) is 17.2 Å². The molecule has 0 aliphatic carbocycles. The molecule has 0 spiro atoms. The Hall–Kier alpha value is -3.46. The van der Waals surface area contributed by atoms with Gasteiger partial charge in [-0.25, -0.2) is 0 Å². The third-order valence-corrected chi connectivity index (χ3v) is 4.22. The van der Waals surface area contributed by atoms with Gasteiger partial charge in [-0.3, -0.25) is 24.5 Å². The number of nitrogens with zero attached hydrogens (tertiary/aromatic N) is 1. The van der Waals surface area contributed by atoms with Crippen molar-refractivity contribution in [3.05, 3.63) is 74.3 Å². The van der Waals surface area contributed by atoms with Crippen molar-refractivity contribution in [2.45, 2.75) is 13.5 Å². The first-order chi connectivity index (χ1) is 13.8. The molecule has 0 saturated carbocycles. The van der Waals surface area contributed by atoms with Crippen molar-refractivity contribution in [1.29, 1.82) is 0 Å². The van der Waals surface area contributed by atoms with Gasteiger partial charge in [0.2, 0.25) is 0 Å². The summed E-state index contributed by atoms with van der Waals surface area (Å²) in [6, 6.07) is 11.0. The summed E-state index contributed by atoms with van der Waals surface area (Å²) in [6.07, 6.45) is 0. The SMILES string of the molecule is Cc1ccccc1CNC(=O)COC(=O)CNC(=O)c1ccc(Cl)c([N+](=O)[O-])c1. The Morgan fingerprint density at radius 2 is 1.86 bits per heavy atom. The molecule has 2 aromatic rings. The van der Waals surface area contributed by atoms with Crippen molar-refractivity contribution < 1.29 is 24.0 Å². The first kappa shape index (κ1) is 21.8. The molecule has 0 bridgehead atoms. The Bertz CT molecular complexity index is 947. The second-order valence-electron chi connectivity index (χ2n) is 5.97. The average molecular weight is 420 g/mol. The molecule has 0 radical (unpaired) electrons. The van der Waals surface area contributed by atoms with Crippen LogP contribution in [0.5, 0.6) is 0 Å². The summed E-state index contributed by atoms with van der Waals surface area (Å²) in [4.78, 5) is 45.6. The van der Waals surface area contributed by atoms with Crippen LogP contribution in [0.2, 0.25) is 5.02 Å². The molecule has 2 N–H and O–H groups in total. The quantitative estimate of drug-likeness (QED) is 0.383. The summed E-state index contributed by atoms with van der Waals surface area (Å²) >= 11 is 5.68. The molecule has 0 heterocycles. The number of benzene rings is 2. The number of halogens is 1. The maximum atomic E-state index is 12.0. The van der Waals surface area contributed by atoms with E-state index in [1.807, 2.05) is 31.2 Å². The molecule has 0 aromatic heterocycles. The Kier molecular flexibility index (Phi) is 7.67. The zero-order valence-corrected chi connectivity index (χ0v) is 16.2. The first-order valence-electron chi connectivity index (χ1n) is 8.47. The average Bonchev–Trinajstić information content (AvgIpc) is 2.70. The van der Waals surface area contributed by atoms with E-state index in [1.165, 1.54) is 12.1 Å². The Labute approximate surface area is 171 Å². The van der Waals surface area contributed by atoms with Gasteiger partial charge >= 0.3 is 5.97 Å². The van der Waals surface area contributed by atoms with Crippen molar-refractivity contribution >= 4 is 35.1 Å². The topological polar surface area (TPSA) is 128 Å². The summed E-state index contributed by atoms with van der Waals surface area (Å²) < 4.78 is 4.79. The molecule has 152 valence electrons. The fourth-order valence-electron chi connectivity index (χ4n) is 2.30. The van der Waals surface area contributed by atoms with Crippen molar-refractivity contribution in [2.75, 3.05) is 13.2 Å². The maximum Gasteiger partial charge on any atom is 0.325 e. The number of ether oxygens (including phenoxy) is 1. The van der Waals surface area contributed by atoms with Gasteiger partial charge in [0, 0.05) is 18.2 Å². The van der Waals surface area contributed by atoms with Gasteiger partial charge in [0.05, 0.1) is 4.92 Å². The number of rotatable bonds is 8. The fraction of sp³-hybridized carbons (Fsp3) is 0.211. The summed E-state index contributed by atoms with van der Waals surface area (Å²) in [7, 11) is 0. The van der Waals surface area contributed by atoms with E-state index in [-0.39, 0.29) is 10.6 Å². The number of amides is 2. The highest BCUT2D eigenvalue weighted by atomic mass is 35.5. The van der Waals surface area contributed by atoms with E-state index in [1.54, 1.807) is 0 Å². The van der Waals surface area contributed by atoms with Crippen LogP contribution >= 0.6 is 11.6 Å². The molecule has 0 saturated heterocycles. The number of carbonyl (C=O) groups excluding carboxylic acids is 3. The molecular formula is C19H18ClN3O6. The lowest BCUT2D eigenvalue weighted by molar-refractivity contribution is -0.384. The van der Waals surface area contributed by atoms with Crippen LogP contribution < -0.4 is 10.6 Å². The zero-order chi connectivity index (χ0) is 21.4. The van der Waals surface area contributed by atoms with Gasteiger partial charge in [0.15, 0.2) is 6.61 Å². The highest BCUT2D eigenvalue weighted by Gasteiger charge is 2.17. The number of aryl methyl sites for hydroxylation is 1. The second kappa shape index (κ2) is 10.2. The van der Waals surface area contributed by atoms with Gasteiger partial charge in [-0.2, -0.15) is 0 Å². The number of carbonyl (C=O) groups is 3. The van der Waals surface area contributed by atoms with Crippen molar-refractivity contribution in [3.63, 3.8) is 0 Å². The predicted octanol–water partition coefficient (Wildman–Crippen LogP) is 2.15. The van der Waals surface area contributed by atoms with Crippen LogP contribution in [0.4, 0.5) is 5.69 Å². The number of hydrogen-bond donors (Lipinski definition) is 2. The summed E-state index contributed by atoms with van der Waals surface area (Å²) in [5.74, 6) is -2.03. The van der Waals surface area contributed by atoms with Crippen LogP contribution in [0.1, 0.15) is 21.5 Å². The minimum atomic E-state index is -0.826. The highest BCUT2D eigenvalue weighted by molar-refractivity contribution is 6.32. The Morgan fingerprint density at radius 3 is 2.55 bits per heavy atom. The van der Waals surface area contributed by atoms with Crippen LogP contribution in [-0.2, 0) is 20.9 Å². The monoisotopic (exact) mass is 419 g/mol. The van der Waals surface area contributed by atoms with Crippen LogP contribution in [-0.4, -0.2) is 35.9 Å². The van der Waals surface area contributed by atoms with Crippen LogP contribution in [0.15, 0.2) is 42.5 Å².